The molecule has 0 spiro atoms. The molecule has 0 radical (unpaired) electrons. The Balaban J connectivity index is 2.75. The van der Waals surface area contributed by atoms with Crippen LogP contribution in [0.3, 0.4) is 0 Å². The van der Waals surface area contributed by atoms with E-state index in [1.54, 1.807) is 12.1 Å². The van der Waals surface area contributed by atoms with Gasteiger partial charge >= 0.3 is 0 Å². The zero-order valence-corrected chi connectivity index (χ0v) is 11.4. The number of rotatable bonds is 4. The third-order valence-corrected chi connectivity index (χ3v) is 3.24. The van der Waals surface area contributed by atoms with Gasteiger partial charge in [-0.15, -0.1) is 0 Å². The van der Waals surface area contributed by atoms with Crippen molar-refractivity contribution < 1.29 is 12.6 Å². The van der Waals surface area contributed by atoms with Crippen molar-refractivity contribution in [3.05, 3.63) is 32.8 Å². The Bertz CT molecular complexity index is 462. The van der Waals surface area contributed by atoms with Crippen molar-refractivity contribution in [1.29, 1.82) is 0 Å². The Hall–Kier alpha value is -0.000000000000000167. The van der Waals surface area contributed by atoms with Gasteiger partial charge in [0.1, 0.15) is 0 Å². The predicted molar refractivity (Wildman–Crippen MR) is 66.0 cm³/mol. The zero-order valence-electron chi connectivity index (χ0n) is 8.34. The van der Waals surface area contributed by atoms with Gasteiger partial charge in [0.25, 0.3) is 10.1 Å². The predicted octanol–water partition coefficient (Wildman–Crippen LogP) is 3.17. The summed E-state index contributed by atoms with van der Waals surface area (Å²) in [6, 6.07) is 3.09. The lowest BCUT2D eigenvalue weighted by atomic mass is 10.1. The normalized spacial score (nSPS) is 11.8. The molecule has 0 N–H and O–H groups in total. The lowest BCUT2D eigenvalue weighted by Crippen LogP contribution is -2.06. The van der Waals surface area contributed by atoms with E-state index < -0.39 is 10.1 Å². The van der Waals surface area contributed by atoms with Gasteiger partial charge in [-0.3, -0.25) is 4.18 Å². The Morgan fingerprint density at radius 3 is 2.12 bits per heavy atom. The van der Waals surface area contributed by atoms with Gasteiger partial charge < -0.3 is 0 Å². The minimum Gasteiger partial charge on any atom is -0.270 e. The van der Waals surface area contributed by atoms with Gasteiger partial charge in [0.15, 0.2) is 0 Å². The summed E-state index contributed by atoms with van der Waals surface area (Å²) in [5.41, 5.74) is 0.622. The Morgan fingerprint density at radius 1 is 1.19 bits per heavy atom. The summed E-state index contributed by atoms with van der Waals surface area (Å²) < 4.78 is 26.1. The first-order chi connectivity index (χ1) is 7.29. The van der Waals surface area contributed by atoms with Crippen LogP contribution in [0.2, 0.25) is 15.1 Å². The van der Waals surface area contributed by atoms with E-state index in [1.165, 1.54) is 0 Å². The molecule has 0 bridgehead atoms. The second-order valence-corrected chi connectivity index (χ2v) is 6.02. The van der Waals surface area contributed by atoms with Crippen LogP contribution in [0.15, 0.2) is 12.1 Å². The average Bonchev–Trinajstić information content (AvgIpc) is 2.07. The van der Waals surface area contributed by atoms with Crippen LogP contribution in [-0.4, -0.2) is 21.3 Å². The number of halogens is 3. The summed E-state index contributed by atoms with van der Waals surface area (Å²) in [5, 5.41) is 1.23. The molecule has 1 aromatic carbocycles. The molecular formula is C9H9Cl3O3S. The smallest absolute Gasteiger partial charge is 0.264 e. The maximum absolute atomic E-state index is 10.7. The third-order valence-electron chi connectivity index (χ3n) is 1.76. The minimum atomic E-state index is -3.44. The van der Waals surface area contributed by atoms with E-state index in [0.717, 1.165) is 6.26 Å². The van der Waals surface area contributed by atoms with E-state index in [4.69, 9.17) is 34.8 Å². The molecule has 1 rings (SSSR count). The van der Waals surface area contributed by atoms with Gasteiger partial charge in [0.05, 0.1) is 12.9 Å². The summed E-state index contributed by atoms with van der Waals surface area (Å²) in [5.74, 6) is 0. The van der Waals surface area contributed by atoms with E-state index in [-0.39, 0.29) is 6.61 Å². The van der Waals surface area contributed by atoms with Gasteiger partial charge in [-0.25, -0.2) is 0 Å². The summed E-state index contributed by atoms with van der Waals surface area (Å²) in [4.78, 5) is 0. The molecule has 0 saturated carbocycles. The summed E-state index contributed by atoms with van der Waals surface area (Å²) in [7, 11) is -3.44. The Morgan fingerprint density at radius 2 is 1.69 bits per heavy atom. The van der Waals surface area contributed by atoms with Crippen LogP contribution in [0.1, 0.15) is 5.56 Å². The summed E-state index contributed by atoms with van der Waals surface area (Å²) >= 11 is 17.6. The van der Waals surface area contributed by atoms with Gasteiger partial charge in [0.2, 0.25) is 0 Å². The highest BCUT2D eigenvalue weighted by Gasteiger charge is 2.09. The topological polar surface area (TPSA) is 43.4 Å². The molecule has 7 heteroatoms. The monoisotopic (exact) mass is 302 g/mol. The zero-order chi connectivity index (χ0) is 12.3. The molecule has 0 fully saturated rings. The van der Waals surface area contributed by atoms with Crippen LogP contribution in [0.25, 0.3) is 0 Å². The second-order valence-electron chi connectivity index (χ2n) is 3.12. The fourth-order valence-corrected chi connectivity index (χ4v) is 2.50. The fourth-order valence-electron chi connectivity index (χ4n) is 1.11. The van der Waals surface area contributed by atoms with Crippen LogP contribution < -0.4 is 0 Å². The first kappa shape index (κ1) is 14.1. The summed E-state index contributed by atoms with van der Waals surface area (Å²) in [6.45, 7) is -0.0000935. The standard InChI is InChI=1S/C9H9Cl3O3S/c1-16(13,14)15-3-2-7-8(11)4-6(10)5-9(7)12/h4-5H,2-3H2,1H3. The van der Waals surface area contributed by atoms with Crippen molar-refractivity contribution in [2.75, 3.05) is 12.9 Å². The molecule has 16 heavy (non-hydrogen) atoms. The molecule has 0 amide bonds. The SMILES string of the molecule is CS(=O)(=O)OCCc1c(Cl)cc(Cl)cc1Cl. The van der Waals surface area contributed by atoms with Crippen molar-refractivity contribution in [3.63, 3.8) is 0 Å². The van der Waals surface area contributed by atoms with Crippen LogP contribution in [0.5, 0.6) is 0 Å². The molecule has 0 aromatic heterocycles. The van der Waals surface area contributed by atoms with Crippen LogP contribution >= 0.6 is 34.8 Å². The van der Waals surface area contributed by atoms with Crippen LogP contribution in [0, 0.1) is 0 Å². The molecule has 0 heterocycles. The van der Waals surface area contributed by atoms with E-state index in [9.17, 15) is 8.42 Å². The minimum absolute atomic E-state index is 0.0000935. The average molecular weight is 304 g/mol. The number of hydrogen-bond donors (Lipinski definition) is 0. The molecule has 0 aliphatic rings. The molecule has 0 saturated heterocycles. The van der Waals surface area contributed by atoms with E-state index in [0.29, 0.717) is 27.1 Å². The number of benzene rings is 1. The summed E-state index contributed by atoms with van der Waals surface area (Å²) in [6.07, 6.45) is 1.29. The highest BCUT2D eigenvalue weighted by molar-refractivity contribution is 7.85. The van der Waals surface area contributed by atoms with Crippen molar-refractivity contribution in [2.24, 2.45) is 0 Å². The third kappa shape index (κ3) is 4.47. The first-order valence-electron chi connectivity index (χ1n) is 4.27. The van der Waals surface area contributed by atoms with E-state index in [1.807, 2.05) is 0 Å². The van der Waals surface area contributed by atoms with Gasteiger partial charge in [-0.1, -0.05) is 34.8 Å². The maximum Gasteiger partial charge on any atom is 0.264 e. The molecule has 90 valence electrons. The molecule has 1 aromatic rings. The molecule has 0 atom stereocenters. The van der Waals surface area contributed by atoms with Crippen LogP contribution in [-0.2, 0) is 20.7 Å². The largest absolute Gasteiger partial charge is 0.270 e. The quantitative estimate of drug-likeness (QED) is 0.803. The molecule has 3 nitrogen and oxygen atoms in total. The Labute approximate surface area is 109 Å². The van der Waals surface area contributed by atoms with Crippen molar-refractivity contribution in [1.82, 2.24) is 0 Å². The second kappa shape index (κ2) is 5.56. The Kier molecular flexibility index (Phi) is 4.88. The lowest BCUT2D eigenvalue weighted by Gasteiger charge is -2.07. The lowest BCUT2D eigenvalue weighted by molar-refractivity contribution is 0.326. The van der Waals surface area contributed by atoms with Crippen LogP contribution in [0.4, 0.5) is 0 Å². The maximum atomic E-state index is 10.7. The van der Waals surface area contributed by atoms with E-state index in [2.05, 4.69) is 4.18 Å². The molecule has 0 unspecified atom stereocenters. The molecular weight excluding hydrogens is 295 g/mol. The van der Waals surface area contributed by atoms with E-state index >= 15 is 0 Å². The van der Waals surface area contributed by atoms with Gasteiger partial charge in [-0.2, -0.15) is 8.42 Å². The van der Waals surface area contributed by atoms with Crippen molar-refractivity contribution in [3.8, 4) is 0 Å². The van der Waals surface area contributed by atoms with Crippen molar-refractivity contribution >= 4 is 44.9 Å². The highest BCUT2D eigenvalue weighted by atomic mass is 35.5. The molecule has 0 aliphatic heterocycles. The van der Waals surface area contributed by atoms with Crippen molar-refractivity contribution in [2.45, 2.75) is 6.42 Å². The van der Waals surface area contributed by atoms with Gasteiger partial charge in [0, 0.05) is 21.5 Å². The molecule has 0 aliphatic carbocycles. The fraction of sp³-hybridized carbons (Fsp3) is 0.333. The number of hydrogen-bond acceptors (Lipinski definition) is 3. The van der Waals surface area contributed by atoms with Gasteiger partial charge in [-0.05, 0) is 17.7 Å². The first-order valence-corrected chi connectivity index (χ1v) is 7.22. The highest BCUT2D eigenvalue weighted by Crippen LogP contribution is 2.29.